The summed E-state index contributed by atoms with van der Waals surface area (Å²) in [4.78, 5) is 15.1. The first kappa shape index (κ1) is 21.8. The maximum atomic E-state index is 13.3. The van der Waals surface area contributed by atoms with Gasteiger partial charge in [0.1, 0.15) is 10.6 Å². The zero-order valence-corrected chi connectivity index (χ0v) is 18.7. The number of hydrogen-bond acceptors (Lipinski definition) is 5. The predicted molar refractivity (Wildman–Crippen MR) is 110 cm³/mol. The van der Waals surface area contributed by atoms with Gasteiger partial charge in [-0.2, -0.15) is 4.31 Å². The summed E-state index contributed by atoms with van der Waals surface area (Å²) < 4.78 is 32.6. The first-order chi connectivity index (χ1) is 13.5. The number of amides is 1. The lowest BCUT2D eigenvalue weighted by atomic mass is 9.83. The molecule has 1 aliphatic heterocycles. The van der Waals surface area contributed by atoms with E-state index in [9.17, 15) is 13.2 Å². The van der Waals surface area contributed by atoms with Crippen molar-refractivity contribution in [2.45, 2.75) is 44.4 Å². The maximum Gasteiger partial charge on any atom is 0.248 e. The molecule has 29 heavy (non-hydrogen) atoms. The normalized spacial score (nSPS) is 16.7. The number of aromatic nitrogens is 1. The molecular weight excluding hydrogens is 414 g/mol. The third kappa shape index (κ3) is 4.20. The fourth-order valence-electron chi connectivity index (χ4n) is 3.69. The minimum atomic E-state index is -3.72. The largest absolute Gasteiger partial charge is 0.360 e. The standard InChI is InChI=1S/C20H26ClN3O4S/c1-14-18(15(2)28-22-14)29(26,27)24-11-5-10-23(12-13-24)19(25)20(3,4)16-6-8-17(21)9-7-16/h6-9H,5,10-13H2,1-4H3. The Kier molecular flexibility index (Phi) is 6.08. The SMILES string of the molecule is Cc1noc(C)c1S(=O)(=O)N1CCCN(C(=O)C(C)(C)c2ccc(Cl)cc2)CC1. The first-order valence-corrected chi connectivity index (χ1v) is 11.4. The molecule has 2 heterocycles. The van der Waals surface area contributed by atoms with Gasteiger partial charge in [0.25, 0.3) is 0 Å². The van der Waals surface area contributed by atoms with Crippen LogP contribution in [0.2, 0.25) is 5.02 Å². The van der Waals surface area contributed by atoms with Gasteiger partial charge in [0, 0.05) is 31.2 Å². The highest BCUT2D eigenvalue weighted by Crippen LogP contribution is 2.29. The Morgan fingerprint density at radius 2 is 1.76 bits per heavy atom. The Labute approximate surface area is 176 Å². The van der Waals surface area contributed by atoms with Crippen molar-refractivity contribution >= 4 is 27.5 Å². The van der Waals surface area contributed by atoms with Crippen LogP contribution in [0.3, 0.4) is 0 Å². The zero-order valence-electron chi connectivity index (χ0n) is 17.1. The Balaban J connectivity index is 1.77. The number of carbonyl (C=O) groups is 1. The van der Waals surface area contributed by atoms with E-state index in [1.807, 2.05) is 26.0 Å². The van der Waals surface area contributed by atoms with E-state index in [1.54, 1.807) is 30.9 Å². The second-order valence-corrected chi connectivity index (χ2v) is 10.1. The van der Waals surface area contributed by atoms with Crippen molar-refractivity contribution in [3.8, 4) is 0 Å². The molecule has 9 heteroatoms. The molecule has 7 nitrogen and oxygen atoms in total. The molecule has 0 spiro atoms. The van der Waals surface area contributed by atoms with Gasteiger partial charge in [-0.25, -0.2) is 8.42 Å². The lowest BCUT2D eigenvalue weighted by Gasteiger charge is -2.31. The van der Waals surface area contributed by atoms with E-state index in [0.29, 0.717) is 36.8 Å². The Morgan fingerprint density at radius 1 is 1.10 bits per heavy atom. The summed E-state index contributed by atoms with van der Waals surface area (Å²) in [7, 11) is -3.72. The van der Waals surface area contributed by atoms with E-state index in [0.717, 1.165) is 5.56 Å². The van der Waals surface area contributed by atoms with Crippen LogP contribution in [0.1, 0.15) is 37.3 Å². The van der Waals surface area contributed by atoms with E-state index < -0.39 is 15.4 Å². The van der Waals surface area contributed by atoms with Gasteiger partial charge in [-0.15, -0.1) is 0 Å². The minimum Gasteiger partial charge on any atom is -0.360 e. The Bertz CT molecular complexity index is 980. The summed E-state index contributed by atoms with van der Waals surface area (Å²) in [6.45, 7) is 8.37. The van der Waals surface area contributed by atoms with Crippen LogP contribution in [0.5, 0.6) is 0 Å². The molecule has 0 N–H and O–H groups in total. The second kappa shape index (κ2) is 8.08. The van der Waals surface area contributed by atoms with E-state index in [-0.39, 0.29) is 23.1 Å². The molecule has 0 bridgehead atoms. The van der Waals surface area contributed by atoms with Crippen molar-refractivity contribution in [2.24, 2.45) is 0 Å². The molecule has 1 aromatic heterocycles. The molecular formula is C20H26ClN3O4S. The van der Waals surface area contributed by atoms with Crippen molar-refractivity contribution in [2.75, 3.05) is 26.2 Å². The van der Waals surface area contributed by atoms with E-state index in [2.05, 4.69) is 5.16 Å². The summed E-state index contributed by atoms with van der Waals surface area (Å²) >= 11 is 5.97. The lowest BCUT2D eigenvalue weighted by molar-refractivity contribution is -0.136. The van der Waals surface area contributed by atoms with Crippen LogP contribution in [0.15, 0.2) is 33.7 Å². The van der Waals surface area contributed by atoms with Gasteiger partial charge in [-0.3, -0.25) is 4.79 Å². The van der Waals surface area contributed by atoms with Crippen LogP contribution in [0.4, 0.5) is 0 Å². The molecule has 2 aromatic rings. The van der Waals surface area contributed by atoms with Crippen LogP contribution < -0.4 is 0 Å². The van der Waals surface area contributed by atoms with Crippen LogP contribution >= 0.6 is 11.6 Å². The van der Waals surface area contributed by atoms with Gasteiger partial charge in [0.15, 0.2) is 5.76 Å². The van der Waals surface area contributed by atoms with Crippen molar-refractivity contribution in [1.29, 1.82) is 0 Å². The number of sulfonamides is 1. The van der Waals surface area contributed by atoms with Crippen molar-refractivity contribution < 1.29 is 17.7 Å². The number of carbonyl (C=O) groups excluding carboxylic acids is 1. The Morgan fingerprint density at radius 3 is 2.34 bits per heavy atom. The Hall–Kier alpha value is -1.90. The van der Waals surface area contributed by atoms with Crippen molar-refractivity contribution in [3.05, 3.63) is 46.3 Å². The number of hydrogen-bond donors (Lipinski definition) is 0. The molecule has 158 valence electrons. The zero-order chi connectivity index (χ0) is 21.4. The third-order valence-corrected chi connectivity index (χ3v) is 7.80. The van der Waals surface area contributed by atoms with Gasteiger partial charge in [-0.1, -0.05) is 28.9 Å². The molecule has 1 aliphatic rings. The molecule has 0 aliphatic carbocycles. The predicted octanol–water partition coefficient (Wildman–Crippen LogP) is 3.15. The molecule has 1 saturated heterocycles. The van der Waals surface area contributed by atoms with Gasteiger partial charge in [-0.05, 0) is 51.8 Å². The fraction of sp³-hybridized carbons (Fsp3) is 0.500. The summed E-state index contributed by atoms with van der Waals surface area (Å²) in [6.07, 6.45) is 0.561. The van der Waals surface area contributed by atoms with Crippen LogP contribution in [0, 0.1) is 13.8 Å². The van der Waals surface area contributed by atoms with E-state index in [1.165, 1.54) is 4.31 Å². The number of rotatable bonds is 4. The summed E-state index contributed by atoms with van der Waals surface area (Å²) in [5, 5.41) is 4.38. The minimum absolute atomic E-state index is 0.0311. The molecule has 0 radical (unpaired) electrons. The monoisotopic (exact) mass is 439 g/mol. The number of halogens is 1. The van der Waals surface area contributed by atoms with E-state index in [4.69, 9.17) is 16.1 Å². The average molecular weight is 440 g/mol. The smallest absolute Gasteiger partial charge is 0.248 e. The highest BCUT2D eigenvalue weighted by atomic mass is 35.5. The number of aryl methyl sites for hydroxylation is 2. The van der Waals surface area contributed by atoms with Crippen molar-refractivity contribution in [3.63, 3.8) is 0 Å². The average Bonchev–Trinajstić information content (AvgIpc) is 2.86. The molecule has 0 saturated carbocycles. The molecule has 0 unspecified atom stereocenters. The maximum absolute atomic E-state index is 13.3. The van der Waals surface area contributed by atoms with Crippen molar-refractivity contribution in [1.82, 2.24) is 14.4 Å². The highest BCUT2D eigenvalue weighted by molar-refractivity contribution is 7.89. The molecule has 1 aromatic carbocycles. The topological polar surface area (TPSA) is 83.7 Å². The van der Waals surface area contributed by atoms with Gasteiger partial charge >= 0.3 is 0 Å². The van der Waals surface area contributed by atoms with Gasteiger partial charge in [0.05, 0.1) is 5.41 Å². The summed E-state index contributed by atoms with van der Waals surface area (Å²) in [5.74, 6) is 0.250. The van der Waals surface area contributed by atoms with E-state index >= 15 is 0 Å². The molecule has 1 fully saturated rings. The third-order valence-electron chi connectivity index (χ3n) is 5.41. The van der Waals surface area contributed by atoms with Gasteiger partial charge in [0.2, 0.25) is 15.9 Å². The van der Waals surface area contributed by atoms with Crippen LogP contribution in [0.25, 0.3) is 0 Å². The number of benzene rings is 1. The van der Waals surface area contributed by atoms with Crippen LogP contribution in [-0.4, -0.2) is 54.9 Å². The first-order valence-electron chi connectivity index (χ1n) is 9.53. The quantitative estimate of drug-likeness (QED) is 0.730. The van der Waals surface area contributed by atoms with Gasteiger partial charge < -0.3 is 9.42 Å². The summed E-state index contributed by atoms with van der Waals surface area (Å²) in [6, 6.07) is 7.25. The molecule has 3 rings (SSSR count). The fourth-order valence-corrected chi connectivity index (χ4v) is 5.58. The second-order valence-electron chi connectivity index (χ2n) is 7.84. The molecule has 0 atom stereocenters. The van der Waals surface area contributed by atoms with Crippen LogP contribution in [-0.2, 0) is 20.2 Å². The number of nitrogens with zero attached hydrogens (tertiary/aromatic N) is 3. The lowest BCUT2D eigenvalue weighted by Crippen LogP contribution is -2.45. The highest BCUT2D eigenvalue weighted by Gasteiger charge is 2.37. The summed E-state index contributed by atoms with van der Waals surface area (Å²) in [5.41, 5.74) is 0.486. The molecule has 1 amide bonds.